The number of fused-ring (bicyclic) bond motifs is 1. The summed E-state index contributed by atoms with van der Waals surface area (Å²) in [6, 6.07) is 5.42. The molecule has 22 heavy (non-hydrogen) atoms. The van der Waals surface area contributed by atoms with Gasteiger partial charge in [0.05, 0.1) is 0 Å². The molecule has 7 heteroatoms. The van der Waals surface area contributed by atoms with E-state index in [-0.39, 0.29) is 18.3 Å². The normalized spacial score (nSPS) is 24.9. The molecule has 1 aromatic rings. The quantitative estimate of drug-likeness (QED) is 0.483. The summed E-state index contributed by atoms with van der Waals surface area (Å²) in [4.78, 5) is 11.8. The van der Waals surface area contributed by atoms with Gasteiger partial charge in [-0.05, 0) is 48.7 Å². The number of carboxylic acids is 1. The van der Waals surface area contributed by atoms with Crippen LogP contribution >= 0.6 is 0 Å². The smallest absolute Gasteiger partial charge is 0.451 e. The van der Waals surface area contributed by atoms with Crippen LogP contribution in [0.5, 0.6) is 0 Å². The van der Waals surface area contributed by atoms with Crippen molar-refractivity contribution in [2.45, 2.75) is 44.1 Å². The first kappa shape index (κ1) is 17.0. The topological polar surface area (TPSA) is 130 Å². The summed E-state index contributed by atoms with van der Waals surface area (Å²) >= 11 is 0. The highest BCUT2D eigenvalue weighted by Crippen LogP contribution is 2.43. The zero-order chi connectivity index (χ0) is 16.5. The molecule has 0 heterocycles. The van der Waals surface area contributed by atoms with Crippen molar-refractivity contribution in [2.24, 2.45) is 17.4 Å². The van der Waals surface area contributed by atoms with Gasteiger partial charge < -0.3 is 26.6 Å². The van der Waals surface area contributed by atoms with Gasteiger partial charge in [0, 0.05) is 6.04 Å². The zero-order valence-electron chi connectivity index (χ0n) is 12.7. The molecule has 0 saturated heterocycles. The summed E-state index contributed by atoms with van der Waals surface area (Å²) in [5.41, 5.74) is 13.1. The van der Waals surface area contributed by atoms with Gasteiger partial charge in [-0.15, -0.1) is 0 Å². The van der Waals surface area contributed by atoms with Crippen LogP contribution in [-0.4, -0.2) is 28.2 Å². The van der Waals surface area contributed by atoms with E-state index in [2.05, 4.69) is 0 Å². The molecular formula is C15H23BN2O4. The fraction of sp³-hybridized carbons (Fsp3) is 0.533. The van der Waals surface area contributed by atoms with Crippen LogP contribution in [0.3, 0.4) is 0 Å². The van der Waals surface area contributed by atoms with Crippen molar-refractivity contribution in [3.8, 4) is 0 Å². The third kappa shape index (κ3) is 3.03. The molecule has 1 aliphatic rings. The second-order valence-electron chi connectivity index (χ2n) is 6.19. The van der Waals surface area contributed by atoms with Crippen molar-refractivity contribution in [3.63, 3.8) is 0 Å². The Bertz CT molecular complexity index is 564. The van der Waals surface area contributed by atoms with Crippen LogP contribution in [0.25, 0.3) is 0 Å². The minimum atomic E-state index is -1.44. The molecule has 0 spiro atoms. The standard InChI is InChI=1S/C15H23BN2O4/c1-9(17)10-4-5-11-7-12(3-2-6-16(21)22)15(18,14(19)20)13(11)8-10/h4-5,8-9,12,21-22H,2-3,6-7,17-18H2,1H3,(H,19,20)/t9?,12-,15+/m0/s1. The van der Waals surface area contributed by atoms with Crippen LogP contribution in [0, 0.1) is 5.92 Å². The molecule has 3 atom stereocenters. The molecule has 0 aromatic heterocycles. The van der Waals surface area contributed by atoms with Crippen molar-refractivity contribution >= 4 is 13.1 Å². The fourth-order valence-electron chi connectivity index (χ4n) is 3.25. The fourth-order valence-corrected chi connectivity index (χ4v) is 3.25. The lowest BCUT2D eigenvalue weighted by atomic mass is 9.77. The SMILES string of the molecule is CC(N)c1ccc2c(c1)[C@@](N)(C(=O)O)[C@@H](CCCB(O)O)C2. The number of hydrogen-bond acceptors (Lipinski definition) is 5. The Morgan fingerprint density at radius 3 is 2.73 bits per heavy atom. The second-order valence-corrected chi connectivity index (χ2v) is 6.19. The van der Waals surface area contributed by atoms with Gasteiger partial charge in [0.1, 0.15) is 5.54 Å². The Morgan fingerprint density at radius 1 is 1.50 bits per heavy atom. The molecule has 7 N–H and O–H groups in total. The number of carboxylic acid groups (broad SMARTS) is 1. The molecule has 6 nitrogen and oxygen atoms in total. The van der Waals surface area contributed by atoms with Gasteiger partial charge >= 0.3 is 13.1 Å². The number of carbonyl (C=O) groups is 1. The van der Waals surface area contributed by atoms with E-state index in [0.29, 0.717) is 24.8 Å². The van der Waals surface area contributed by atoms with Gasteiger partial charge in [0.2, 0.25) is 0 Å². The lowest BCUT2D eigenvalue weighted by Crippen LogP contribution is -2.48. The predicted octanol–water partition coefficient (Wildman–Crippen LogP) is 0.370. The first-order chi connectivity index (χ1) is 10.3. The Labute approximate surface area is 130 Å². The molecule has 1 aliphatic carbocycles. The van der Waals surface area contributed by atoms with E-state index in [0.717, 1.165) is 11.1 Å². The van der Waals surface area contributed by atoms with Gasteiger partial charge in [-0.25, -0.2) is 4.79 Å². The summed E-state index contributed by atoms with van der Waals surface area (Å²) in [5, 5.41) is 27.5. The molecule has 2 rings (SSSR count). The molecule has 1 aromatic carbocycles. The number of hydrogen-bond donors (Lipinski definition) is 5. The van der Waals surface area contributed by atoms with Crippen LogP contribution in [-0.2, 0) is 16.8 Å². The van der Waals surface area contributed by atoms with Gasteiger partial charge in [0.25, 0.3) is 0 Å². The lowest BCUT2D eigenvalue weighted by Gasteiger charge is -2.28. The highest BCUT2D eigenvalue weighted by molar-refractivity contribution is 6.40. The predicted molar refractivity (Wildman–Crippen MR) is 84.0 cm³/mol. The van der Waals surface area contributed by atoms with Crippen molar-refractivity contribution in [2.75, 3.05) is 0 Å². The Morgan fingerprint density at radius 2 is 2.18 bits per heavy atom. The Kier molecular flexibility index (Phi) is 4.92. The van der Waals surface area contributed by atoms with Crippen LogP contribution < -0.4 is 11.5 Å². The van der Waals surface area contributed by atoms with E-state index in [9.17, 15) is 9.90 Å². The minimum absolute atomic E-state index is 0.188. The summed E-state index contributed by atoms with van der Waals surface area (Å²) < 4.78 is 0. The zero-order valence-corrected chi connectivity index (χ0v) is 12.7. The van der Waals surface area contributed by atoms with E-state index >= 15 is 0 Å². The number of aliphatic carboxylic acids is 1. The largest absolute Gasteiger partial charge is 0.480 e. The maximum atomic E-state index is 11.8. The van der Waals surface area contributed by atoms with E-state index in [1.54, 1.807) is 6.07 Å². The highest BCUT2D eigenvalue weighted by atomic mass is 16.4. The summed E-state index contributed by atoms with van der Waals surface area (Å²) in [5.74, 6) is -1.32. The third-order valence-electron chi connectivity index (χ3n) is 4.58. The van der Waals surface area contributed by atoms with Gasteiger partial charge in [-0.3, -0.25) is 0 Å². The van der Waals surface area contributed by atoms with Crippen molar-refractivity contribution in [3.05, 3.63) is 34.9 Å². The first-order valence-electron chi connectivity index (χ1n) is 7.54. The van der Waals surface area contributed by atoms with Crippen LogP contribution in [0.1, 0.15) is 42.5 Å². The Hall–Kier alpha value is -1.41. The van der Waals surface area contributed by atoms with Crippen LogP contribution in [0.2, 0.25) is 6.32 Å². The lowest BCUT2D eigenvalue weighted by molar-refractivity contribution is -0.145. The van der Waals surface area contributed by atoms with Crippen molar-refractivity contribution in [1.29, 1.82) is 0 Å². The number of benzene rings is 1. The van der Waals surface area contributed by atoms with E-state index in [1.165, 1.54) is 0 Å². The maximum absolute atomic E-state index is 11.8. The molecule has 0 aliphatic heterocycles. The summed E-state index contributed by atoms with van der Waals surface area (Å²) in [6.07, 6.45) is 1.85. The molecule has 0 bridgehead atoms. The van der Waals surface area contributed by atoms with Gasteiger partial charge in [-0.2, -0.15) is 0 Å². The third-order valence-corrected chi connectivity index (χ3v) is 4.58. The molecule has 0 fully saturated rings. The van der Waals surface area contributed by atoms with Crippen molar-refractivity contribution in [1.82, 2.24) is 0 Å². The molecule has 120 valence electrons. The summed E-state index contributed by atoms with van der Waals surface area (Å²) in [7, 11) is -1.37. The highest BCUT2D eigenvalue weighted by Gasteiger charge is 2.49. The first-order valence-corrected chi connectivity index (χ1v) is 7.54. The van der Waals surface area contributed by atoms with Crippen LogP contribution in [0.4, 0.5) is 0 Å². The molecular weight excluding hydrogens is 283 g/mol. The summed E-state index contributed by atoms with van der Waals surface area (Å²) in [6.45, 7) is 1.84. The monoisotopic (exact) mass is 306 g/mol. The average molecular weight is 306 g/mol. The molecule has 0 saturated carbocycles. The van der Waals surface area contributed by atoms with E-state index in [1.807, 2.05) is 19.1 Å². The maximum Gasteiger partial charge on any atom is 0.451 e. The van der Waals surface area contributed by atoms with E-state index in [4.69, 9.17) is 21.5 Å². The molecule has 0 amide bonds. The van der Waals surface area contributed by atoms with Crippen molar-refractivity contribution < 1.29 is 19.9 Å². The number of nitrogens with two attached hydrogens (primary N) is 2. The Balaban J connectivity index is 2.30. The average Bonchev–Trinajstić information content (AvgIpc) is 2.72. The van der Waals surface area contributed by atoms with Gasteiger partial charge in [-0.1, -0.05) is 24.6 Å². The minimum Gasteiger partial charge on any atom is -0.480 e. The van der Waals surface area contributed by atoms with Gasteiger partial charge in [0.15, 0.2) is 0 Å². The second kappa shape index (κ2) is 6.38. The van der Waals surface area contributed by atoms with E-state index < -0.39 is 18.6 Å². The number of rotatable bonds is 6. The van der Waals surface area contributed by atoms with Crippen LogP contribution in [0.15, 0.2) is 18.2 Å². The molecule has 1 unspecified atom stereocenters. The molecule has 0 radical (unpaired) electrons.